The third-order valence-corrected chi connectivity index (χ3v) is 13.1. The maximum absolute atomic E-state index is 13.2. The second-order valence-corrected chi connectivity index (χ2v) is 17.1. The first kappa shape index (κ1) is 44.2. The quantitative estimate of drug-likeness (QED) is 0.0443. The highest BCUT2D eigenvalue weighted by atomic mass is 31.3. The van der Waals surface area contributed by atoms with Gasteiger partial charge in [-0.05, 0) is 32.2 Å². The van der Waals surface area contributed by atoms with E-state index in [0.717, 1.165) is 53.6 Å². The molecule has 7 atom stereocenters. The molecule has 7 unspecified atom stereocenters. The van der Waals surface area contributed by atoms with E-state index in [-0.39, 0.29) is 5.65 Å². The van der Waals surface area contributed by atoms with Gasteiger partial charge < -0.3 is 30.5 Å². The maximum atomic E-state index is 13.2. The summed E-state index contributed by atoms with van der Waals surface area (Å²) >= 11 is 0. The summed E-state index contributed by atoms with van der Waals surface area (Å²) in [5.74, 6) is 0.478. The van der Waals surface area contributed by atoms with E-state index in [1.807, 2.05) is 0 Å². The Labute approximate surface area is 307 Å². The second-order valence-electron chi connectivity index (χ2n) is 12.3. The van der Waals surface area contributed by atoms with Crippen LogP contribution in [0.3, 0.4) is 0 Å². The van der Waals surface area contributed by atoms with E-state index in [1.165, 1.54) is 68.6 Å². The maximum Gasteiger partial charge on any atom is 0.520 e. The van der Waals surface area contributed by atoms with Crippen molar-refractivity contribution in [3.05, 3.63) is 12.7 Å². The smallest absolute Gasteiger partial charge is 0.387 e. The van der Waals surface area contributed by atoms with Crippen LogP contribution >= 0.6 is 23.5 Å². The van der Waals surface area contributed by atoms with Crippen molar-refractivity contribution in [2.75, 3.05) is 46.3 Å². The molecule has 1 aliphatic carbocycles. The van der Waals surface area contributed by atoms with E-state index in [4.69, 9.17) is 9.26 Å². The van der Waals surface area contributed by atoms with Crippen molar-refractivity contribution in [1.29, 1.82) is 0 Å². The number of unbranched alkanes of at least 4 members (excludes halogenated alkanes) is 3. The highest BCUT2D eigenvalue weighted by Gasteiger charge is 2.50. The van der Waals surface area contributed by atoms with E-state index in [2.05, 4.69) is 62.9 Å². The molecule has 1 aliphatic heterocycles. The number of aromatic nitrogens is 4. The number of nitrogens with zero attached hydrogens (tertiary/aromatic N) is 4. The Kier molecular flexibility index (Phi) is 18.1. The normalized spacial score (nSPS) is 25.2. The summed E-state index contributed by atoms with van der Waals surface area (Å²) in [6, 6.07) is 0.639. The minimum atomic E-state index is -5.44. The fourth-order valence-corrected chi connectivity index (χ4v) is 9.95. The number of rotatable bonds is 23. The Balaban J connectivity index is 1.29. The zero-order chi connectivity index (χ0) is 38.3. The summed E-state index contributed by atoms with van der Waals surface area (Å²) in [5.41, 5.74) is 0.685. The molecule has 2 aromatic rings. The number of hydrogen-bond donors (Lipinski definition) is 5. The van der Waals surface area contributed by atoms with Gasteiger partial charge in [0.05, 0.1) is 34.3 Å². The number of fused-ring (bicyclic) bond motifs is 1. The predicted molar refractivity (Wildman–Crippen MR) is 184 cm³/mol. The number of nitrogens with one attached hydrogen (secondary N) is 2. The fraction of sp³-hybridized carbons (Fsp3) is 0.821. The highest BCUT2D eigenvalue weighted by Crippen LogP contribution is 2.72. The van der Waals surface area contributed by atoms with Crippen LogP contribution in [-0.4, -0.2) is 100 Å². The van der Waals surface area contributed by atoms with Gasteiger partial charge in [-0.15, -0.1) is 14.0 Å². The van der Waals surface area contributed by atoms with Crippen LogP contribution in [0.25, 0.3) is 11.2 Å². The lowest BCUT2D eigenvalue weighted by Gasteiger charge is -2.22. The van der Waals surface area contributed by atoms with E-state index in [0.29, 0.717) is 23.9 Å². The first-order valence-electron chi connectivity index (χ1n) is 17.4. The average Bonchev–Trinajstić information content (AvgIpc) is 3.69. The van der Waals surface area contributed by atoms with Gasteiger partial charge in [-0.1, -0.05) is 51.4 Å². The van der Waals surface area contributed by atoms with Crippen molar-refractivity contribution < 1.29 is 75.4 Å². The molecule has 3 heterocycles. The van der Waals surface area contributed by atoms with Gasteiger partial charge in [-0.3, -0.25) is 9.09 Å². The van der Waals surface area contributed by atoms with Crippen molar-refractivity contribution in [3.8, 4) is 0 Å². The number of phosphoric acid groups is 3. The van der Waals surface area contributed by atoms with Gasteiger partial charge in [0.2, 0.25) is 0 Å². The average molecular weight is 821 g/mol. The second kappa shape index (κ2) is 21.7. The summed E-state index contributed by atoms with van der Waals surface area (Å²) < 4.78 is 71.9. The molecule has 0 radical (unpaired) electrons. The van der Waals surface area contributed by atoms with Crippen LogP contribution in [0.2, 0.25) is 0 Å². The van der Waals surface area contributed by atoms with Gasteiger partial charge in [-0.2, -0.15) is 8.62 Å². The van der Waals surface area contributed by atoms with Crippen LogP contribution in [0.15, 0.2) is 12.7 Å². The monoisotopic (exact) mass is 820 g/mol. The molecule has 1 saturated heterocycles. The molecule has 0 bridgehead atoms. The lowest BCUT2D eigenvalue weighted by molar-refractivity contribution is -0.215. The third kappa shape index (κ3) is 13.6. The Morgan fingerprint density at radius 1 is 0.811 bits per heavy atom. The standard InChI is InChI=1S/C28H51N6O16P3/c1-41-46-51(37,38)49-53(40,48-43-3)50-52(39,47-42-2)44-18-22-24(35)25(36)28(45-22)34-20-33-23-26(31-19-32-27(23)34)30-17-13-9-8-12-16-29-21-14-10-6-4-5-7-11-15-21/h19-22,24-25,28-29,35-36H,4-18H2,1-3H3,(H,37,38)(H,30,31,32). The number of ether oxygens (including phenoxy) is 1. The first-order valence-corrected chi connectivity index (χ1v) is 21.8. The lowest BCUT2D eigenvalue weighted by Crippen LogP contribution is -2.33. The number of aliphatic hydroxyl groups excluding tert-OH is 2. The van der Waals surface area contributed by atoms with Crippen molar-refractivity contribution >= 4 is 40.4 Å². The van der Waals surface area contributed by atoms with Crippen molar-refractivity contribution in [1.82, 2.24) is 24.8 Å². The molecule has 1 saturated carbocycles. The Morgan fingerprint density at radius 2 is 1.45 bits per heavy atom. The van der Waals surface area contributed by atoms with E-state index >= 15 is 0 Å². The van der Waals surface area contributed by atoms with Crippen LogP contribution in [0, 0.1) is 0 Å². The van der Waals surface area contributed by atoms with Crippen LogP contribution in [-0.2, 0) is 60.3 Å². The van der Waals surface area contributed by atoms with Gasteiger partial charge >= 0.3 is 23.5 Å². The van der Waals surface area contributed by atoms with Crippen LogP contribution in [0.1, 0.15) is 83.3 Å². The predicted octanol–water partition coefficient (Wildman–Crippen LogP) is 4.61. The van der Waals surface area contributed by atoms with Gasteiger partial charge in [0.15, 0.2) is 23.2 Å². The molecule has 0 amide bonds. The molecule has 304 valence electrons. The molecule has 5 N–H and O–H groups in total. The van der Waals surface area contributed by atoms with E-state index < -0.39 is 54.6 Å². The molecule has 22 nitrogen and oxygen atoms in total. The summed E-state index contributed by atoms with van der Waals surface area (Å²) in [7, 11) is -13.4. The molecule has 2 aromatic heterocycles. The fourth-order valence-electron chi connectivity index (χ4n) is 6.02. The third-order valence-electron chi connectivity index (χ3n) is 8.45. The summed E-state index contributed by atoms with van der Waals surface area (Å²) in [5, 5.41) is 28.7. The Hall–Kier alpha value is -1.52. The zero-order valence-electron chi connectivity index (χ0n) is 29.9. The van der Waals surface area contributed by atoms with Crippen LogP contribution < -0.4 is 10.6 Å². The minimum Gasteiger partial charge on any atom is -0.387 e. The molecule has 25 heteroatoms. The molecule has 4 rings (SSSR count). The van der Waals surface area contributed by atoms with Gasteiger partial charge in [0.25, 0.3) is 0 Å². The molecule has 0 aromatic carbocycles. The van der Waals surface area contributed by atoms with Gasteiger partial charge in [0, 0.05) is 12.6 Å². The van der Waals surface area contributed by atoms with Crippen LogP contribution in [0.4, 0.5) is 5.82 Å². The summed E-state index contributed by atoms with van der Waals surface area (Å²) in [6.45, 7) is 0.843. The number of hydrogen-bond acceptors (Lipinski definition) is 20. The topological polar surface area (TPSA) is 272 Å². The number of imidazole rings is 1. The minimum absolute atomic E-state index is 0.287. The molecule has 0 spiro atoms. The largest absolute Gasteiger partial charge is 0.520 e. The summed E-state index contributed by atoms with van der Waals surface area (Å²) in [4.78, 5) is 35.2. The highest BCUT2D eigenvalue weighted by molar-refractivity contribution is 7.67. The lowest BCUT2D eigenvalue weighted by atomic mass is 10.0. The molecule has 2 fully saturated rings. The Morgan fingerprint density at radius 3 is 2.13 bits per heavy atom. The first-order chi connectivity index (χ1) is 25.4. The number of anilines is 1. The zero-order valence-corrected chi connectivity index (χ0v) is 32.6. The molecule has 53 heavy (non-hydrogen) atoms. The molecular weight excluding hydrogens is 769 g/mol. The SMILES string of the molecule is COOP(=O)(O)OP(=O)(OOC)OP(=O)(OCC1OC(n2cnc3c(NCCCCCCNC4CCCCCCCC4)ncnc32)C(O)C1O)OOC. The van der Waals surface area contributed by atoms with Crippen molar-refractivity contribution in [3.63, 3.8) is 0 Å². The molecular formula is C28H51N6O16P3. The Bertz CT molecular complexity index is 1530. The van der Waals surface area contributed by atoms with E-state index in [9.17, 15) is 28.8 Å². The number of aliphatic hydroxyl groups is 2. The van der Waals surface area contributed by atoms with Gasteiger partial charge in [0.1, 0.15) is 24.6 Å². The van der Waals surface area contributed by atoms with Crippen molar-refractivity contribution in [2.45, 2.75) is 108 Å². The van der Waals surface area contributed by atoms with Crippen LogP contribution in [0.5, 0.6) is 0 Å². The van der Waals surface area contributed by atoms with E-state index in [1.54, 1.807) is 0 Å². The van der Waals surface area contributed by atoms with Crippen molar-refractivity contribution in [2.24, 2.45) is 0 Å². The summed E-state index contributed by atoms with van der Waals surface area (Å²) in [6.07, 6.45) is 11.6. The molecule has 2 aliphatic rings. The van der Waals surface area contributed by atoms with Gasteiger partial charge in [-0.25, -0.2) is 43.3 Å².